The number of sulfone groups is 1. The molecule has 1 atom stereocenters. The number of benzene rings is 3. The summed E-state index contributed by atoms with van der Waals surface area (Å²) in [6.45, 7) is 1.31. The lowest BCUT2D eigenvalue weighted by molar-refractivity contribution is -0.139. The normalized spacial score (nSPS) is 16.4. The number of carboxylic acid groups (broad SMARTS) is 1. The van der Waals surface area contributed by atoms with Crippen molar-refractivity contribution in [3.63, 3.8) is 0 Å². The Morgan fingerprint density at radius 3 is 2.08 bits per heavy atom. The molecule has 1 heterocycles. The summed E-state index contributed by atoms with van der Waals surface area (Å²) in [5.74, 6) is 0.330. The van der Waals surface area contributed by atoms with Crippen LogP contribution in [0.4, 0.5) is 0 Å². The highest BCUT2D eigenvalue weighted by Gasteiger charge is 2.46. The molecule has 0 radical (unpaired) electrons. The van der Waals surface area contributed by atoms with Gasteiger partial charge in [0.05, 0.1) is 29.4 Å². The van der Waals surface area contributed by atoms with E-state index >= 15 is 0 Å². The summed E-state index contributed by atoms with van der Waals surface area (Å²) < 4.78 is 37.6. The van der Waals surface area contributed by atoms with Gasteiger partial charge in [-0.25, -0.2) is 8.42 Å². The number of nitrogens with one attached hydrogen (secondary N) is 1. The highest BCUT2D eigenvalue weighted by atomic mass is 32.2. The zero-order valence-electron chi connectivity index (χ0n) is 22.6. The molecular weight excluding hydrogens is 516 g/mol. The molecule has 2 N–H and O–H groups in total. The molecule has 208 valence electrons. The fraction of sp³-hybridized carbons (Fsp3) is 0.367. The lowest BCUT2D eigenvalue weighted by Crippen LogP contribution is -2.56. The summed E-state index contributed by atoms with van der Waals surface area (Å²) in [7, 11) is 1.48. The van der Waals surface area contributed by atoms with Gasteiger partial charge in [0.15, 0.2) is 9.84 Å². The fourth-order valence-electron chi connectivity index (χ4n) is 5.15. The second kappa shape index (κ2) is 12.2. The second-order valence-corrected chi connectivity index (χ2v) is 12.4. The zero-order valence-corrected chi connectivity index (χ0v) is 23.4. The summed E-state index contributed by atoms with van der Waals surface area (Å²) >= 11 is 0. The van der Waals surface area contributed by atoms with Gasteiger partial charge < -0.3 is 24.8 Å². The number of nitrogens with zero attached hydrogens (tertiary/aromatic N) is 1. The van der Waals surface area contributed by atoms with E-state index in [1.165, 1.54) is 0 Å². The lowest BCUT2D eigenvalue weighted by Gasteiger charge is -2.40. The van der Waals surface area contributed by atoms with Gasteiger partial charge in [0, 0.05) is 6.54 Å². The number of piperidine rings is 1. The van der Waals surface area contributed by atoms with Crippen LogP contribution in [0.5, 0.6) is 11.5 Å². The maximum Gasteiger partial charge on any atom is 0.321 e. The number of likely N-dealkylation sites (tertiary alicyclic amines) is 1. The number of ether oxygens (including phenoxy) is 2. The van der Waals surface area contributed by atoms with Gasteiger partial charge >= 0.3 is 5.97 Å². The highest BCUT2D eigenvalue weighted by molar-refractivity contribution is 7.92. The molecule has 1 fully saturated rings. The molecule has 0 bridgehead atoms. The van der Waals surface area contributed by atoms with Crippen molar-refractivity contribution < 1.29 is 27.8 Å². The zero-order chi connectivity index (χ0) is 28.0. The number of carbonyl (C=O) groups is 1. The Morgan fingerprint density at radius 1 is 0.949 bits per heavy atom. The third-order valence-electron chi connectivity index (χ3n) is 7.60. The van der Waals surface area contributed by atoms with Gasteiger partial charge in [-0.3, -0.25) is 4.79 Å². The van der Waals surface area contributed by atoms with E-state index in [2.05, 4.69) is 10.2 Å². The van der Waals surface area contributed by atoms with Gasteiger partial charge in [0.1, 0.15) is 17.5 Å². The molecule has 8 nitrogen and oxygen atoms in total. The van der Waals surface area contributed by atoms with Crippen LogP contribution < -0.4 is 14.8 Å². The Labute approximate surface area is 230 Å². The first-order valence-electron chi connectivity index (χ1n) is 13.0. The number of hydrogen-bond donors (Lipinski definition) is 2. The monoisotopic (exact) mass is 552 g/mol. The van der Waals surface area contributed by atoms with Crippen molar-refractivity contribution >= 4 is 15.8 Å². The molecule has 9 heteroatoms. The number of hydrogen-bond acceptors (Lipinski definition) is 7. The van der Waals surface area contributed by atoms with Crippen LogP contribution in [0.1, 0.15) is 18.4 Å². The molecule has 0 spiro atoms. The Kier molecular flexibility index (Phi) is 8.94. The number of carboxylic acids is 1. The standard InChI is InChI=1S/C30H36N2O6S/c1-32-18-16-30(17-19-32,39(35,36)24-8-5-4-6-9-24)21-31-25(29(33)34)20-22-12-14-23(15-13-22)28-26(37-2)10-7-11-27(28)38-3/h4-15,25,31H,16-21H2,1-3H3,(H,33,34)/t25-/m0/s1. The quantitative estimate of drug-likeness (QED) is 0.369. The third kappa shape index (κ3) is 6.11. The minimum Gasteiger partial charge on any atom is -0.496 e. The molecule has 1 aliphatic rings. The molecule has 1 aliphatic heterocycles. The van der Waals surface area contributed by atoms with Crippen LogP contribution >= 0.6 is 0 Å². The maximum atomic E-state index is 13.8. The average Bonchev–Trinajstić information content (AvgIpc) is 2.96. The first kappa shape index (κ1) is 28.6. The molecule has 0 aliphatic carbocycles. The minimum atomic E-state index is -3.70. The van der Waals surface area contributed by atoms with Crippen molar-refractivity contribution in [2.45, 2.75) is 34.9 Å². The van der Waals surface area contributed by atoms with Crippen molar-refractivity contribution in [1.82, 2.24) is 10.2 Å². The fourth-order valence-corrected chi connectivity index (χ4v) is 7.16. The predicted octanol–water partition coefficient (Wildman–Crippen LogP) is 3.89. The molecule has 39 heavy (non-hydrogen) atoms. The molecule has 1 saturated heterocycles. The van der Waals surface area contributed by atoms with Crippen LogP contribution in [0.2, 0.25) is 0 Å². The van der Waals surface area contributed by atoms with Crippen LogP contribution in [0.15, 0.2) is 77.7 Å². The Bertz CT molecular complexity index is 1350. The van der Waals surface area contributed by atoms with Gasteiger partial charge in [-0.15, -0.1) is 0 Å². The van der Waals surface area contributed by atoms with Gasteiger partial charge in [-0.05, 0) is 74.8 Å². The molecule has 3 aromatic rings. The van der Waals surface area contributed by atoms with Crippen LogP contribution in [-0.4, -0.2) is 76.1 Å². The maximum absolute atomic E-state index is 13.8. The molecule has 0 aromatic heterocycles. The van der Waals surface area contributed by atoms with Gasteiger partial charge in [-0.1, -0.05) is 48.5 Å². The van der Waals surface area contributed by atoms with Crippen molar-refractivity contribution in [2.24, 2.45) is 0 Å². The summed E-state index contributed by atoms with van der Waals surface area (Å²) in [5, 5.41) is 13.1. The van der Waals surface area contributed by atoms with E-state index < -0.39 is 26.6 Å². The molecule has 3 aromatic carbocycles. The number of methoxy groups -OCH3 is 2. The van der Waals surface area contributed by atoms with Crippen LogP contribution in [0, 0.1) is 0 Å². The SMILES string of the molecule is COc1cccc(OC)c1-c1ccc(C[C@H](NCC2(S(=O)(=O)c3ccccc3)CCN(C)CC2)C(=O)O)cc1. The molecule has 0 amide bonds. The van der Waals surface area contributed by atoms with E-state index in [0.29, 0.717) is 37.4 Å². The van der Waals surface area contributed by atoms with E-state index in [9.17, 15) is 18.3 Å². The molecule has 4 rings (SSSR count). The minimum absolute atomic E-state index is 0.0610. The van der Waals surface area contributed by atoms with Crippen LogP contribution in [0.25, 0.3) is 11.1 Å². The van der Waals surface area contributed by atoms with Crippen molar-refractivity contribution in [3.8, 4) is 22.6 Å². The molecule has 0 saturated carbocycles. The van der Waals surface area contributed by atoms with Gasteiger partial charge in [-0.2, -0.15) is 0 Å². The first-order valence-corrected chi connectivity index (χ1v) is 14.4. The third-order valence-corrected chi connectivity index (χ3v) is 10.2. The summed E-state index contributed by atoms with van der Waals surface area (Å²) in [5.41, 5.74) is 2.51. The number of rotatable bonds is 11. The van der Waals surface area contributed by atoms with E-state index in [1.807, 2.05) is 49.5 Å². The highest BCUT2D eigenvalue weighted by Crippen LogP contribution is 2.38. The average molecular weight is 553 g/mol. The van der Waals surface area contributed by atoms with E-state index in [0.717, 1.165) is 16.7 Å². The Balaban J connectivity index is 1.55. The van der Waals surface area contributed by atoms with Crippen molar-refractivity contribution in [1.29, 1.82) is 0 Å². The predicted molar refractivity (Wildman–Crippen MR) is 151 cm³/mol. The van der Waals surface area contributed by atoms with E-state index in [4.69, 9.17) is 9.47 Å². The van der Waals surface area contributed by atoms with E-state index in [-0.39, 0.29) is 17.9 Å². The van der Waals surface area contributed by atoms with Crippen molar-refractivity contribution in [3.05, 3.63) is 78.4 Å². The van der Waals surface area contributed by atoms with Crippen molar-refractivity contribution in [2.75, 3.05) is 40.9 Å². The smallest absolute Gasteiger partial charge is 0.321 e. The largest absolute Gasteiger partial charge is 0.496 e. The van der Waals surface area contributed by atoms with E-state index in [1.54, 1.807) is 44.6 Å². The lowest BCUT2D eigenvalue weighted by atomic mass is 9.94. The number of aliphatic carboxylic acids is 1. The van der Waals surface area contributed by atoms with Gasteiger partial charge in [0.25, 0.3) is 0 Å². The molecule has 0 unspecified atom stereocenters. The summed E-state index contributed by atoms with van der Waals surface area (Å²) in [6, 6.07) is 20.7. The van der Waals surface area contributed by atoms with Crippen LogP contribution in [0.3, 0.4) is 0 Å². The van der Waals surface area contributed by atoms with Crippen LogP contribution in [-0.2, 0) is 21.1 Å². The Morgan fingerprint density at radius 2 is 1.54 bits per heavy atom. The summed E-state index contributed by atoms with van der Waals surface area (Å²) in [4.78, 5) is 14.6. The Hall–Kier alpha value is -3.40. The van der Waals surface area contributed by atoms with Gasteiger partial charge in [0.2, 0.25) is 0 Å². The molecular formula is C30H36N2O6S. The summed E-state index contributed by atoms with van der Waals surface area (Å²) in [6.07, 6.45) is 1.06. The topological polar surface area (TPSA) is 105 Å². The second-order valence-electron chi connectivity index (χ2n) is 10.0. The first-order chi connectivity index (χ1) is 18.7.